The van der Waals surface area contributed by atoms with Crippen LogP contribution < -0.4 is 10.6 Å². The Hall–Kier alpha value is -2.64. The van der Waals surface area contributed by atoms with Crippen LogP contribution in [0.1, 0.15) is 52.2 Å². The third-order valence-corrected chi connectivity index (χ3v) is 5.74. The Kier molecular flexibility index (Phi) is 13.1. The Labute approximate surface area is 205 Å². The molecule has 1 aromatic heterocycles. The summed E-state index contributed by atoms with van der Waals surface area (Å²) in [5.41, 5.74) is 3.02. The molecule has 0 saturated heterocycles. The van der Waals surface area contributed by atoms with Gasteiger partial charge in [0.1, 0.15) is 0 Å². The molecule has 0 radical (unpaired) electrons. The SMILES string of the molecule is CC.CC(=O)NCc1ccccc1Cl.CC[C@H](C)COC(=O)Nc1nc2ccc(C)cc2s1. The van der Waals surface area contributed by atoms with Crippen molar-refractivity contribution in [2.24, 2.45) is 5.92 Å². The molecule has 3 aromatic rings. The lowest BCUT2D eigenvalue weighted by atomic mass is 10.1. The van der Waals surface area contributed by atoms with Crippen LogP contribution in [0.3, 0.4) is 0 Å². The fraction of sp³-hybridized carbons (Fsp3) is 0.400. The van der Waals surface area contributed by atoms with Crippen molar-refractivity contribution < 1.29 is 14.3 Å². The van der Waals surface area contributed by atoms with E-state index in [9.17, 15) is 9.59 Å². The minimum absolute atomic E-state index is 0.0464. The standard InChI is InChI=1S/C14H18N2O2S.C9H10ClNO.C2H6/c1-4-9(2)8-18-14(17)16-13-15-11-6-5-10(3)7-12(11)19-13;1-7(12)11-6-8-4-2-3-5-9(8)10;1-2/h5-7,9H,4,8H2,1-3H3,(H,15,16,17);2-5H,6H2,1H3,(H,11,12);1-2H3/t9-;;/m0../s1. The van der Waals surface area contributed by atoms with Gasteiger partial charge in [-0.15, -0.1) is 0 Å². The van der Waals surface area contributed by atoms with E-state index in [1.807, 2.05) is 58.0 Å². The van der Waals surface area contributed by atoms with Crippen LogP contribution in [0.5, 0.6) is 0 Å². The average molecular weight is 492 g/mol. The molecular weight excluding hydrogens is 458 g/mol. The van der Waals surface area contributed by atoms with Gasteiger partial charge >= 0.3 is 6.09 Å². The van der Waals surface area contributed by atoms with Crippen molar-refractivity contribution in [3.63, 3.8) is 0 Å². The Balaban J connectivity index is 0.000000335. The van der Waals surface area contributed by atoms with E-state index in [0.717, 1.165) is 22.2 Å². The van der Waals surface area contributed by atoms with E-state index in [1.54, 1.807) is 6.07 Å². The molecule has 2 aromatic carbocycles. The van der Waals surface area contributed by atoms with Crippen molar-refractivity contribution in [3.8, 4) is 0 Å². The lowest BCUT2D eigenvalue weighted by Crippen LogP contribution is -2.18. The number of carbonyl (C=O) groups is 2. The molecule has 0 saturated carbocycles. The summed E-state index contributed by atoms with van der Waals surface area (Å²) in [6, 6.07) is 13.5. The largest absolute Gasteiger partial charge is 0.449 e. The van der Waals surface area contributed by atoms with Crippen molar-refractivity contribution in [1.82, 2.24) is 10.3 Å². The summed E-state index contributed by atoms with van der Waals surface area (Å²) < 4.78 is 6.20. The molecule has 0 aliphatic carbocycles. The van der Waals surface area contributed by atoms with Crippen molar-refractivity contribution in [1.29, 1.82) is 0 Å². The first kappa shape index (κ1) is 28.4. The highest BCUT2D eigenvalue weighted by Gasteiger charge is 2.10. The molecule has 1 heterocycles. The molecule has 6 nitrogen and oxygen atoms in total. The quantitative estimate of drug-likeness (QED) is 0.382. The summed E-state index contributed by atoms with van der Waals surface area (Å²) in [7, 11) is 0. The van der Waals surface area contributed by atoms with E-state index in [-0.39, 0.29) is 5.91 Å². The predicted molar refractivity (Wildman–Crippen MR) is 139 cm³/mol. The molecule has 0 bridgehead atoms. The number of hydrogen-bond acceptors (Lipinski definition) is 5. The minimum Gasteiger partial charge on any atom is -0.449 e. The molecule has 33 heavy (non-hydrogen) atoms. The number of thiazole rings is 1. The van der Waals surface area contributed by atoms with E-state index in [2.05, 4.69) is 28.6 Å². The molecular formula is C25H34ClN3O3S. The van der Waals surface area contributed by atoms with Crippen LogP contribution in [0.2, 0.25) is 5.02 Å². The van der Waals surface area contributed by atoms with Gasteiger partial charge < -0.3 is 10.1 Å². The lowest BCUT2D eigenvalue weighted by molar-refractivity contribution is -0.119. The maximum atomic E-state index is 11.6. The minimum atomic E-state index is -0.434. The number of fused-ring (bicyclic) bond motifs is 1. The van der Waals surface area contributed by atoms with Gasteiger partial charge in [-0.2, -0.15) is 0 Å². The number of rotatable bonds is 6. The van der Waals surface area contributed by atoms with E-state index < -0.39 is 6.09 Å². The van der Waals surface area contributed by atoms with Gasteiger partial charge in [-0.1, -0.05) is 81.3 Å². The summed E-state index contributed by atoms with van der Waals surface area (Å²) in [6.07, 6.45) is 0.560. The second-order valence-electron chi connectivity index (χ2n) is 7.23. The maximum absolute atomic E-state index is 11.6. The van der Waals surface area contributed by atoms with Gasteiger partial charge in [-0.3, -0.25) is 10.1 Å². The molecule has 0 fully saturated rings. The number of carbonyl (C=O) groups excluding carboxylic acids is 2. The van der Waals surface area contributed by atoms with Gasteiger partial charge in [-0.05, 0) is 42.2 Å². The summed E-state index contributed by atoms with van der Waals surface area (Å²) in [5.74, 6) is 0.332. The normalized spacial score (nSPS) is 10.8. The first-order valence-electron chi connectivity index (χ1n) is 11.1. The van der Waals surface area contributed by atoms with Gasteiger partial charge in [0.2, 0.25) is 5.91 Å². The van der Waals surface area contributed by atoms with Crippen LogP contribution in [-0.2, 0) is 16.1 Å². The molecule has 0 unspecified atom stereocenters. The molecule has 0 aliphatic heterocycles. The van der Waals surface area contributed by atoms with Gasteiger partial charge in [0.25, 0.3) is 0 Å². The summed E-state index contributed by atoms with van der Waals surface area (Å²) in [4.78, 5) is 26.5. The van der Waals surface area contributed by atoms with Gasteiger partial charge in [-0.25, -0.2) is 9.78 Å². The molecule has 0 aliphatic rings. The number of anilines is 1. The number of amides is 2. The third kappa shape index (κ3) is 10.7. The first-order valence-corrected chi connectivity index (χ1v) is 12.3. The van der Waals surface area contributed by atoms with E-state index in [1.165, 1.54) is 23.8 Å². The zero-order valence-corrected chi connectivity index (χ0v) is 21.8. The van der Waals surface area contributed by atoms with E-state index in [0.29, 0.717) is 29.2 Å². The summed E-state index contributed by atoms with van der Waals surface area (Å²) in [5, 5.41) is 6.62. The van der Waals surface area contributed by atoms with Crippen LogP contribution >= 0.6 is 22.9 Å². The summed E-state index contributed by atoms with van der Waals surface area (Å²) >= 11 is 7.31. The predicted octanol–water partition coefficient (Wildman–Crippen LogP) is 7.20. The van der Waals surface area contributed by atoms with Crippen LogP contribution in [0, 0.1) is 12.8 Å². The summed E-state index contributed by atoms with van der Waals surface area (Å²) in [6.45, 7) is 12.6. The molecule has 0 spiro atoms. The number of ether oxygens (including phenoxy) is 1. The van der Waals surface area contributed by atoms with Crippen molar-refractivity contribution in [2.75, 3.05) is 11.9 Å². The Morgan fingerprint density at radius 1 is 1.18 bits per heavy atom. The number of aryl methyl sites for hydroxylation is 1. The van der Waals surface area contributed by atoms with Crippen LogP contribution in [-0.4, -0.2) is 23.6 Å². The molecule has 180 valence electrons. The van der Waals surface area contributed by atoms with Crippen LogP contribution in [0.4, 0.5) is 9.93 Å². The molecule has 8 heteroatoms. The molecule has 1 atom stereocenters. The first-order chi connectivity index (χ1) is 15.8. The number of nitrogens with one attached hydrogen (secondary N) is 2. The topological polar surface area (TPSA) is 80.3 Å². The Morgan fingerprint density at radius 3 is 2.52 bits per heavy atom. The van der Waals surface area contributed by atoms with Crippen molar-refractivity contribution in [3.05, 3.63) is 58.6 Å². The fourth-order valence-electron chi connectivity index (χ4n) is 2.41. The van der Waals surface area contributed by atoms with Gasteiger partial charge in [0, 0.05) is 18.5 Å². The molecule has 2 amide bonds. The third-order valence-electron chi connectivity index (χ3n) is 4.43. The zero-order valence-electron chi connectivity index (χ0n) is 20.2. The second-order valence-corrected chi connectivity index (χ2v) is 8.67. The highest BCUT2D eigenvalue weighted by molar-refractivity contribution is 7.22. The van der Waals surface area contributed by atoms with E-state index >= 15 is 0 Å². The molecule has 2 N–H and O–H groups in total. The number of nitrogens with zero attached hydrogens (tertiary/aromatic N) is 1. The fourth-order valence-corrected chi connectivity index (χ4v) is 3.56. The van der Waals surface area contributed by atoms with E-state index in [4.69, 9.17) is 16.3 Å². The smallest absolute Gasteiger partial charge is 0.413 e. The van der Waals surface area contributed by atoms with Crippen molar-refractivity contribution >= 4 is 50.3 Å². The second kappa shape index (κ2) is 15.2. The number of hydrogen-bond donors (Lipinski definition) is 2. The average Bonchev–Trinajstić information content (AvgIpc) is 3.19. The number of halogens is 1. The highest BCUT2D eigenvalue weighted by Crippen LogP contribution is 2.26. The maximum Gasteiger partial charge on any atom is 0.413 e. The number of aromatic nitrogens is 1. The highest BCUT2D eigenvalue weighted by atomic mass is 35.5. The number of benzene rings is 2. The lowest BCUT2D eigenvalue weighted by Gasteiger charge is -2.09. The Bertz CT molecular complexity index is 1020. The van der Waals surface area contributed by atoms with Crippen molar-refractivity contribution in [2.45, 2.75) is 54.5 Å². The Morgan fingerprint density at radius 2 is 1.88 bits per heavy atom. The van der Waals surface area contributed by atoms with Crippen LogP contribution in [0.25, 0.3) is 10.2 Å². The van der Waals surface area contributed by atoms with Gasteiger partial charge in [0.05, 0.1) is 16.8 Å². The zero-order chi connectivity index (χ0) is 24.8. The van der Waals surface area contributed by atoms with Gasteiger partial charge in [0.15, 0.2) is 5.13 Å². The molecule has 3 rings (SSSR count). The monoisotopic (exact) mass is 491 g/mol. The van der Waals surface area contributed by atoms with Crippen LogP contribution in [0.15, 0.2) is 42.5 Å².